The van der Waals surface area contributed by atoms with Crippen LogP contribution >= 0.6 is 0 Å². The second-order valence-corrected chi connectivity index (χ2v) is 22.4. The molecule has 0 aromatic heterocycles. The van der Waals surface area contributed by atoms with Crippen molar-refractivity contribution < 1.29 is 58.2 Å². The molecule has 466 valence electrons. The Morgan fingerprint density at radius 3 is 1.21 bits per heavy atom. The Morgan fingerprint density at radius 2 is 0.778 bits per heavy atom. The fourth-order valence-electron chi connectivity index (χ4n) is 9.74. The SMILES string of the molecule is CC/C=C\C/C=C\C/C=C\CCCCCCCCCC(=O)OC1C(OCC(COC(=O)CCCCCCCC/C=C\C/C=C\C/C=C\CCCCC)OC(=O)CCCCCCCCCCCCCCCCC)OC(C(=O)O)C(O)C1O. The smallest absolute Gasteiger partial charge is 0.335 e. The molecule has 0 radical (unpaired) electrons. The molecule has 0 amide bonds. The molecule has 6 atom stereocenters. The van der Waals surface area contributed by atoms with Gasteiger partial charge in [-0.1, -0.05) is 254 Å². The second-order valence-electron chi connectivity index (χ2n) is 22.4. The summed E-state index contributed by atoms with van der Waals surface area (Å²) in [7, 11) is 0. The van der Waals surface area contributed by atoms with E-state index < -0.39 is 67.3 Å². The molecule has 1 aliphatic heterocycles. The predicted molar refractivity (Wildman–Crippen MR) is 331 cm³/mol. The Labute approximate surface area is 493 Å². The molecular weight excluding hydrogens is 1020 g/mol. The molecule has 1 fully saturated rings. The van der Waals surface area contributed by atoms with Gasteiger partial charge in [-0.25, -0.2) is 4.79 Å². The lowest BCUT2D eigenvalue weighted by Gasteiger charge is -2.40. The Balaban J connectivity index is 2.66. The van der Waals surface area contributed by atoms with Crippen LogP contribution in [0, 0.1) is 0 Å². The molecule has 1 rings (SSSR count). The van der Waals surface area contributed by atoms with E-state index in [1.807, 2.05) is 0 Å². The van der Waals surface area contributed by atoms with Crippen LogP contribution < -0.4 is 0 Å². The highest BCUT2D eigenvalue weighted by molar-refractivity contribution is 5.74. The number of allylic oxidation sites excluding steroid dienone is 12. The van der Waals surface area contributed by atoms with Crippen molar-refractivity contribution in [1.29, 1.82) is 0 Å². The van der Waals surface area contributed by atoms with Crippen LogP contribution in [0.15, 0.2) is 72.9 Å². The van der Waals surface area contributed by atoms with E-state index in [9.17, 15) is 34.5 Å². The van der Waals surface area contributed by atoms with Gasteiger partial charge in [-0.15, -0.1) is 0 Å². The molecule has 1 aliphatic rings. The summed E-state index contributed by atoms with van der Waals surface area (Å²) in [6, 6.07) is 0. The van der Waals surface area contributed by atoms with Crippen LogP contribution in [0.3, 0.4) is 0 Å². The highest BCUT2D eigenvalue weighted by Crippen LogP contribution is 2.27. The molecule has 0 aromatic rings. The van der Waals surface area contributed by atoms with Gasteiger partial charge in [-0.3, -0.25) is 14.4 Å². The normalized spacial score (nSPS) is 18.2. The average Bonchev–Trinajstić information content (AvgIpc) is 3.53. The van der Waals surface area contributed by atoms with Crippen molar-refractivity contribution in [2.75, 3.05) is 13.2 Å². The molecule has 81 heavy (non-hydrogen) atoms. The zero-order valence-corrected chi connectivity index (χ0v) is 51.5. The van der Waals surface area contributed by atoms with Crippen LogP contribution in [0.5, 0.6) is 0 Å². The number of carbonyl (C=O) groups is 4. The molecule has 6 unspecified atom stereocenters. The fraction of sp³-hybridized carbons (Fsp3) is 0.768. The van der Waals surface area contributed by atoms with E-state index in [2.05, 4.69) is 93.7 Å². The van der Waals surface area contributed by atoms with Crippen LogP contribution in [0.2, 0.25) is 0 Å². The lowest BCUT2D eigenvalue weighted by atomic mass is 9.98. The molecule has 0 bridgehead atoms. The highest BCUT2D eigenvalue weighted by atomic mass is 16.7. The first-order valence-electron chi connectivity index (χ1n) is 32.9. The van der Waals surface area contributed by atoms with Gasteiger partial charge in [0.2, 0.25) is 0 Å². The number of esters is 3. The summed E-state index contributed by atoms with van der Waals surface area (Å²) in [5.41, 5.74) is 0. The van der Waals surface area contributed by atoms with Gasteiger partial charge in [0, 0.05) is 19.3 Å². The highest BCUT2D eigenvalue weighted by Gasteiger charge is 2.50. The van der Waals surface area contributed by atoms with Crippen molar-refractivity contribution in [3.05, 3.63) is 72.9 Å². The number of carboxylic acid groups (broad SMARTS) is 1. The second kappa shape index (κ2) is 56.6. The van der Waals surface area contributed by atoms with Crippen LogP contribution in [-0.2, 0) is 42.9 Å². The van der Waals surface area contributed by atoms with Crippen LogP contribution in [-0.4, -0.2) is 89.2 Å². The first kappa shape index (κ1) is 75.2. The van der Waals surface area contributed by atoms with Gasteiger partial charge in [-0.05, 0) is 89.9 Å². The van der Waals surface area contributed by atoms with Gasteiger partial charge >= 0.3 is 23.9 Å². The molecule has 1 heterocycles. The van der Waals surface area contributed by atoms with Crippen molar-refractivity contribution >= 4 is 23.9 Å². The minimum absolute atomic E-state index is 0.0475. The minimum atomic E-state index is -1.91. The molecule has 0 aliphatic carbocycles. The van der Waals surface area contributed by atoms with Crippen molar-refractivity contribution in [2.24, 2.45) is 0 Å². The Morgan fingerprint density at radius 1 is 0.420 bits per heavy atom. The molecule has 0 saturated carbocycles. The van der Waals surface area contributed by atoms with Crippen LogP contribution in [0.25, 0.3) is 0 Å². The maximum absolute atomic E-state index is 13.2. The summed E-state index contributed by atoms with van der Waals surface area (Å²) in [6.45, 7) is 5.88. The van der Waals surface area contributed by atoms with Crippen molar-refractivity contribution in [3.63, 3.8) is 0 Å². The Kier molecular flexibility index (Phi) is 52.6. The zero-order valence-electron chi connectivity index (χ0n) is 51.5. The van der Waals surface area contributed by atoms with Gasteiger partial charge in [0.1, 0.15) is 18.8 Å². The van der Waals surface area contributed by atoms with Crippen molar-refractivity contribution in [2.45, 2.75) is 327 Å². The number of unbranched alkanes of at least 4 members (excludes halogenated alkanes) is 30. The van der Waals surface area contributed by atoms with Crippen LogP contribution in [0.4, 0.5) is 0 Å². The number of rotatable bonds is 56. The number of carboxylic acids is 1. The maximum Gasteiger partial charge on any atom is 0.335 e. The van der Waals surface area contributed by atoms with Crippen molar-refractivity contribution in [3.8, 4) is 0 Å². The largest absolute Gasteiger partial charge is 0.479 e. The number of aliphatic hydroxyl groups is 2. The molecule has 12 nitrogen and oxygen atoms in total. The summed E-state index contributed by atoms with van der Waals surface area (Å²) in [4.78, 5) is 51.4. The van der Waals surface area contributed by atoms with Gasteiger partial charge in [-0.2, -0.15) is 0 Å². The third-order valence-corrected chi connectivity index (χ3v) is 14.8. The van der Waals surface area contributed by atoms with E-state index in [0.717, 1.165) is 135 Å². The zero-order chi connectivity index (χ0) is 58.9. The standard InChI is InChI=1S/C69H118O12/c1-4-7-10-13-16-19-22-25-28-30-31-33-35-37-40-43-46-49-52-55-61(70)77-58-60(79-62(71)56-53-50-47-44-41-38-34-27-24-21-18-15-12-9-6-3)59-78-69-67(65(74)64(73)66(81-69)68(75)76)80-63(72)57-54-51-48-45-42-39-36-32-29-26-23-20-17-14-11-8-5-2/h8,11,16-17,19-20,25-26,28-29,31,33,60,64-67,69,73-74H,4-7,9-10,12-15,18,21-24,27,30,32,34-59H2,1-3H3,(H,75,76)/b11-8-,19-16-,20-17-,28-25-,29-26-,33-31-. The lowest BCUT2D eigenvalue weighted by molar-refractivity contribution is -0.301. The minimum Gasteiger partial charge on any atom is -0.479 e. The monoisotopic (exact) mass is 1140 g/mol. The Bertz CT molecular complexity index is 1680. The maximum atomic E-state index is 13.2. The molecule has 3 N–H and O–H groups in total. The number of aliphatic carboxylic acids is 1. The molecule has 1 saturated heterocycles. The van der Waals surface area contributed by atoms with Gasteiger partial charge < -0.3 is 39.0 Å². The molecule has 0 spiro atoms. The summed E-state index contributed by atoms with van der Waals surface area (Å²) >= 11 is 0. The first-order valence-corrected chi connectivity index (χ1v) is 32.9. The topological polar surface area (TPSA) is 175 Å². The number of aliphatic hydroxyl groups excluding tert-OH is 2. The van der Waals surface area contributed by atoms with E-state index in [1.165, 1.54) is 96.3 Å². The van der Waals surface area contributed by atoms with Gasteiger partial charge in [0.15, 0.2) is 24.6 Å². The first-order chi connectivity index (χ1) is 39.6. The number of carbonyl (C=O) groups excluding carboxylic acids is 3. The van der Waals surface area contributed by atoms with Gasteiger partial charge in [0.25, 0.3) is 0 Å². The quantitative estimate of drug-likeness (QED) is 0.0228. The van der Waals surface area contributed by atoms with Crippen molar-refractivity contribution in [1.82, 2.24) is 0 Å². The van der Waals surface area contributed by atoms with E-state index in [1.54, 1.807) is 0 Å². The molecule has 12 heteroatoms. The summed E-state index contributed by atoms with van der Waals surface area (Å²) in [5, 5.41) is 31.6. The summed E-state index contributed by atoms with van der Waals surface area (Å²) in [6.07, 6.45) is 59.9. The van der Waals surface area contributed by atoms with Crippen LogP contribution in [0.1, 0.15) is 290 Å². The lowest BCUT2D eigenvalue weighted by Crippen LogP contribution is -2.61. The van der Waals surface area contributed by atoms with E-state index in [4.69, 9.17) is 23.7 Å². The number of ether oxygens (including phenoxy) is 5. The van der Waals surface area contributed by atoms with E-state index in [-0.39, 0.29) is 25.9 Å². The third-order valence-electron chi connectivity index (χ3n) is 14.8. The van der Waals surface area contributed by atoms with Gasteiger partial charge in [0.05, 0.1) is 6.61 Å². The fourth-order valence-corrected chi connectivity index (χ4v) is 9.74. The molecule has 0 aromatic carbocycles. The van der Waals surface area contributed by atoms with E-state index >= 15 is 0 Å². The number of hydrogen-bond donors (Lipinski definition) is 3. The Hall–Kier alpha value is -3.84. The summed E-state index contributed by atoms with van der Waals surface area (Å²) in [5.74, 6) is -3.13. The summed E-state index contributed by atoms with van der Waals surface area (Å²) < 4.78 is 28.5. The average molecular weight is 1140 g/mol. The third kappa shape index (κ3) is 46.3. The van der Waals surface area contributed by atoms with E-state index in [0.29, 0.717) is 19.3 Å². The molecular formula is C69H118O12. The predicted octanol–water partition coefficient (Wildman–Crippen LogP) is 17.7. The number of hydrogen-bond acceptors (Lipinski definition) is 11.